The number of carbonyl (C=O) groups excluding carboxylic acids is 1. The standard InChI is InChI=1S/C19H24N2O3/c1-2-10-24-16-7-5-9-21(13-16)18(22)12-15-11-14-6-3-4-8-17(14)20-19(15)23/h3-4,6,8,11,16H,2,5,7,9-10,12-13H2,1H3,(H,20,23). The van der Waals surface area contributed by atoms with Crippen molar-refractivity contribution in [2.75, 3.05) is 19.7 Å². The van der Waals surface area contributed by atoms with E-state index in [0.29, 0.717) is 12.1 Å². The quantitative estimate of drug-likeness (QED) is 0.917. The molecule has 1 aliphatic rings. The van der Waals surface area contributed by atoms with E-state index in [-0.39, 0.29) is 24.0 Å². The first kappa shape index (κ1) is 16.7. The maximum absolute atomic E-state index is 12.6. The van der Waals surface area contributed by atoms with Crippen LogP contribution in [-0.4, -0.2) is 41.6 Å². The maximum atomic E-state index is 12.6. The Morgan fingerprint density at radius 2 is 2.21 bits per heavy atom. The Hall–Kier alpha value is -2.14. The first-order chi connectivity index (χ1) is 11.7. The summed E-state index contributed by atoms with van der Waals surface area (Å²) in [6.07, 6.45) is 3.20. The Kier molecular flexibility index (Phi) is 5.30. The SMILES string of the molecule is CCCOC1CCCN(C(=O)Cc2cc3ccccc3[nH]c2=O)C1. The van der Waals surface area contributed by atoms with Gasteiger partial charge < -0.3 is 14.6 Å². The van der Waals surface area contributed by atoms with Crippen molar-refractivity contribution < 1.29 is 9.53 Å². The normalized spacial score (nSPS) is 18.0. The summed E-state index contributed by atoms with van der Waals surface area (Å²) < 4.78 is 5.78. The number of pyridine rings is 1. The molecule has 1 N–H and O–H groups in total. The Balaban J connectivity index is 1.70. The Morgan fingerprint density at radius 1 is 1.38 bits per heavy atom. The highest BCUT2D eigenvalue weighted by molar-refractivity contribution is 5.82. The number of H-pyrrole nitrogens is 1. The van der Waals surface area contributed by atoms with Gasteiger partial charge in [-0.3, -0.25) is 9.59 Å². The first-order valence-electron chi connectivity index (χ1n) is 8.67. The molecule has 0 radical (unpaired) electrons. The number of likely N-dealkylation sites (tertiary alicyclic amines) is 1. The molecular formula is C19H24N2O3. The molecule has 0 saturated carbocycles. The van der Waals surface area contributed by atoms with E-state index in [9.17, 15) is 9.59 Å². The van der Waals surface area contributed by atoms with E-state index >= 15 is 0 Å². The van der Waals surface area contributed by atoms with Crippen LogP contribution in [0.1, 0.15) is 31.7 Å². The third-order valence-corrected chi connectivity index (χ3v) is 4.46. The minimum atomic E-state index is -0.183. The van der Waals surface area contributed by atoms with Crippen molar-refractivity contribution in [1.82, 2.24) is 9.88 Å². The van der Waals surface area contributed by atoms with Crippen molar-refractivity contribution in [2.24, 2.45) is 0 Å². The lowest BCUT2D eigenvalue weighted by Crippen LogP contribution is -2.44. The monoisotopic (exact) mass is 328 g/mol. The summed E-state index contributed by atoms with van der Waals surface area (Å²) in [5.74, 6) is 0.000537. The molecular weight excluding hydrogens is 304 g/mol. The molecule has 1 atom stereocenters. The predicted molar refractivity (Wildman–Crippen MR) is 94.1 cm³/mol. The number of hydrogen-bond donors (Lipinski definition) is 1. The van der Waals surface area contributed by atoms with Crippen molar-refractivity contribution in [3.63, 3.8) is 0 Å². The zero-order valence-corrected chi connectivity index (χ0v) is 14.1. The van der Waals surface area contributed by atoms with Gasteiger partial charge in [-0.25, -0.2) is 0 Å². The molecule has 1 aromatic heterocycles. The lowest BCUT2D eigenvalue weighted by atomic mass is 10.1. The number of rotatable bonds is 5. The molecule has 0 spiro atoms. The van der Waals surface area contributed by atoms with Gasteiger partial charge in [0.15, 0.2) is 0 Å². The van der Waals surface area contributed by atoms with Crippen LogP contribution in [0, 0.1) is 0 Å². The molecule has 1 amide bonds. The van der Waals surface area contributed by atoms with E-state index in [1.807, 2.05) is 35.2 Å². The van der Waals surface area contributed by atoms with Crippen LogP contribution in [0.2, 0.25) is 0 Å². The molecule has 1 unspecified atom stereocenters. The number of aromatic amines is 1. The van der Waals surface area contributed by atoms with Crippen molar-refractivity contribution in [2.45, 2.75) is 38.7 Å². The van der Waals surface area contributed by atoms with Gasteiger partial charge >= 0.3 is 0 Å². The molecule has 2 aromatic rings. The fraction of sp³-hybridized carbons (Fsp3) is 0.474. The highest BCUT2D eigenvalue weighted by Gasteiger charge is 2.24. The minimum absolute atomic E-state index is 0.000537. The molecule has 0 aliphatic carbocycles. The van der Waals surface area contributed by atoms with Crippen molar-refractivity contribution in [3.05, 3.63) is 46.2 Å². The van der Waals surface area contributed by atoms with Gasteiger partial charge in [0.25, 0.3) is 5.56 Å². The summed E-state index contributed by atoms with van der Waals surface area (Å²) >= 11 is 0. The van der Waals surface area contributed by atoms with Gasteiger partial charge in [-0.05, 0) is 36.8 Å². The molecule has 1 saturated heterocycles. The first-order valence-corrected chi connectivity index (χ1v) is 8.67. The third-order valence-electron chi connectivity index (χ3n) is 4.46. The molecule has 2 heterocycles. The second kappa shape index (κ2) is 7.62. The van der Waals surface area contributed by atoms with Gasteiger partial charge in [-0.1, -0.05) is 25.1 Å². The number of nitrogens with zero attached hydrogens (tertiary/aromatic N) is 1. The van der Waals surface area contributed by atoms with Crippen LogP contribution in [-0.2, 0) is 16.0 Å². The van der Waals surface area contributed by atoms with Crippen LogP contribution in [0.5, 0.6) is 0 Å². The Morgan fingerprint density at radius 3 is 3.04 bits per heavy atom. The summed E-state index contributed by atoms with van der Waals surface area (Å²) in [6, 6.07) is 9.43. The predicted octanol–water partition coefficient (Wildman–Crippen LogP) is 2.49. The molecule has 3 rings (SSSR count). The van der Waals surface area contributed by atoms with Gasteiger partial charge in [-0.2, -0.15) is 0 Å². The number of hydrogen-bond acceptors (Lipinski definition) is 3. The lowest BCUT2D eigenvalue weighted by Gasteiger charge is -2.32. The molecule has 5 heteroatoms. The van der Waals surface area contributed by atoms with Crippen molar-refractivity contribution >= 4 is 16.8 Å². The largest absolute Gasteiger partial charge is 0.376 e. The van der Waals surface area contributed by atoms with E-state index < -0.39 is 0 Å². The van der Waals surface area contributed by atoms with Crippen LogP contribution in [0.15, 0.2) is 35.1 Å². The number of nitrogens with one attached hydrogen (secondary N) is 1. The molecule has 1 aromatic carbocycles. The Bertz CT molecular complexity index is 769. The van der Waals surface area contributed by atoms with E-state index in [1.54, 1.807) is 0 Å². The van der Waals surface area contributed by atoms with Crippen molar-refractivity contribution in [3.8, 4) is 0 Å². The molecule has 128 valence electrons. The topological polar surface area (TPSA) is 62.4 Å². The number of piperidine rings is 1. The minimum Gasteiger partial charge on any atom is -0.376 e. The van der Waals surface area contributed by atoms with E-state index in [0.717, 1.165) is 43.3 Å². The summed E-state index contributed by atoms with van der Waals surface area (Å²) in [5, 5.41) is 0.947. The Labute approximate surface area is 141 Å². The number of para-hydroxylation sites is 1. The third kappa shape index (κ3) is 3.85. The lowest BCUT2D eigenvalue weighted by molar-refractivity contribution is -0.134. The van der Waals surface area contributed by atoms with Gasteiger partial charge in [0.2, 0.25) is 5.91 Å². The van der Waals surface area contributed by atoms with Crippen LogP contribution in [0.4, 0.5) is 0 Å². The molecule has 24 heavy (non-hydrogen) atoms. The number of ether oxygens (including phenoxy) is 1. The van der Waals surface area contributed by atoms with Crippen molar-refractivity contribution in [1.29, 1.82) is 0 Å². The number of carbonyl (C=O) groups is 1. The number of benzene rings is 1. The summed E-state index contributed by atoms with van der Waals surface area (Å²) in [4.78, 5) is 29.5. The molecule has 1 aliphatic heterocycles. The molecule has 5 nitrogen and oxygen atoms in total. The summed E-state index contributed by atoms with van der Waals surface area (Å²) in [7, 11) is 0. The molecule has 1 fully saturated rings. The highest BCUT2D eigenvalue weighted by Crippen LogP contribution is 2.16. The van der Waals surface area contributed by atoms with E-state index in [4.69, 9.17) is 4.74 Å². The fourth-order valence-corrected chi connectivity index (χ4v) is 3.18. The smallest absolute Gasteiger partial charge is 0.252 e. The summed E-state index contributed by atoms with van der Waals surface area (Å²) in [5.41, 5.74) is 1.14. The second-order valence-corrected chi connectivity index (χ2v) is 6.36. The highest BCUT2D eigenvalue weighted by atomic mass is 16.5. The number of aromatic nitrogens is 1. The average Bonchev–Trinajstić information content (AvgIpc) is 2.60. The average molecular weight is 328 g/mol. The van der Waals surface area contributed by atoms with Gasteiger partial charge in [0.05, 0.1) is 12.5 Å². The van der Waals surface area contributed by atoms with Crippen LogP contribution < -0.4 is 5.56 Å². The fourth-order valence-electron chi connectivity index (χ4n) is 3.18. The summed E-state index contributed by atoms with van der Waals surface area (Å²) in [6.45, 7) is 4.19. The van der Waals surface area contributed by atoms with Crippen LogP contribution >= 0.6 is 0 Å². The van der Waals surface area contributed by atoms with Gasteiger partial charge in [0, 0.05) is 30.8 Å². The second-order valence-electron chi connectivity index (χ2n) is 6.36. The number of amides is 1. The zero-order valence-electron chi connectivity index (χ0n) is 14.1. The van der Waals surface area contributed by atoms with Gasteiger partial charge in [-0.15, -0.1) is 0 Å². The van der Waals surface area contributed by atoms with E-state index in [1.165, 1.54) is 0 Å². The molecule has 0 bridgehead atoms. The van der Waals surface area contributed by atoms with E-state index in [2.05, 4.69) is 11.9 Å². The van der Waals surface area contributed by atoms with Crippen LogP contribution in [0.3, 0.4) is 0 Å². The van der Waals surface area contributed by atoms with Crippen LogP contribution in [0.25, 0.3) is 10.9 Å². The maximum Gasteiger partial charge on any atom is 0.252 e. The zero-order chi connectivity index (χ0) is 16.9. The van der Waals surface area contributed by atoms with Gasteiger partial charge in [0.1, 0.15) is 0 Å². The number of fused-ring (bicyclic) bond motifs is 1.